The topological polar surface area (TPSA) is 0 Å². The number of rotatable bonds is 7. The van der Waals surface area contributed by atoms with Crippen molar-refractivity contribution in [3.63, 3.8) is 0 Å². The Hall–Kier alpha value is -1.82. The maximum atomic E-state index is 2.55. The van der Waals surface area contributed by atoms with E-state index in [9.17, 15) is 0 Å². The number of hydrogen-bond donors (Lipinski definition) is 0. The molecule has 0 spiro atoms. The van der Waals surface area contributed by atoms with Crippen molar-refractivity contribution >= 4 is 0 Å². The first-order valence-electron chi connectivity index (χ1n) is 10.6. The highest BCUT2D eigenvalue weighted by Gasteiger charge is 2.43. The summed E-state index contributed by atoms with van der Waals surface area (Å²) in [6, 6.07) is 11.8. The Morgan fingerprint density at radius 3 is 2.50 bits per heavy atom. The molecule has 0 aliphatic heterocycles. The van der Waals surface area contributed by atoms with Crippen LogP contribution in [0.5, 0.6) is 0 Å². The molecule has 26 heavy (non-hydrogen) atoms. The highest BCUT2D eigenvalue weighted by Crippen LogP contribution is 2.55. The molecule has 0 fully saturated rings. The molecule has 0 heterocycles. The molecule has 1 unspecified atom stereocenters. The van der Waals surface area contributed by atoms with E-state index in [-0.39, 0.29) is 5.41 Å². The average molecular weight is 345 g/mol. The maximum absolute atomic E-state index is 2.55. The van der Waals surface area contributed by atoms with Crippen molar-refractivity contribution in [2.45, 2.75) is 77.6 Å². The summed E-state index contributed by atoms with van der Waals surface area (Å²) in [4.78, 5) is 0. The molecule has 0 heteroatoms. The van der Waals surface area contributed by atoms with E-state index in [4.69, 9.17) is 0 Å². The minimum atomic E-state index is 0.126. The van der Waals surface area contributed by atoms with Crippen LogP contribution in [0.3, 0.4) is 0 Å². The number of allylic oxidation sites excluding steroid dienone is 2. The molecule has 0 amide bonds. The third-order valence-electron chi connectivity index (χ3n) is 6.59. The lowest BCUT2D eigenvalue weighted by atomic mass is 9.69. The van der Waals surface area contributed by atoms with Crippen LogP contribution in [0, 0.1) is 13.8 Å². The number of fused-ring (bicyclic) bond motifs is 3. The number of unbranched alkanes of at least 4 members (excludes halogenated alkanes) is 5. The smallest absolute Gasteiger partial charge is 0.0397 e. The zero-order chi connectivity index (χ0) is 18.1. The van der Waals surface area contributed by atoms with Gasteiger partial charge in [0, 0.05) is 5.41 Å². The van der Waals surface area contributed by atoms with Gasteiger partial charge in [0.1, 0.15) is 0 Å². The standard InChI is InChI=1S/C26H32/c1-4-5-6-7-8-9-16-26-17-10-11-21-20(3)13-15-23(25(21)26)22-14-12-19(2)18-24(22)26/h10,12-15,17-18H,4-9,11,16H2,1-3H3. The fourth-order valence-corrected chi connectivity index (χ4v) is 5.22. The molecule has 0 radical (unpaired) electrons. The summed E-state index contributed by atoms with van der Waals surface area (Å²) >= 11 is 0. The van der Waals surface area contributed by atoms with E-state index in [1.54, 1.807) is 16.7 Å². The second kappa shape index (κ2) is 7.06. The third kappa shape index (κ3) is 2.75. The summed E-state index contributed by atoms with van der Waals surface area (Å²) < 4.78 is 0. The second-order valence-corrected chi connectivity index (χ2v) is 8.43. The highest BCUT2D eigenvalue weighted by molar-refractivity contribution is 5.85. The lowest BCUT2D eigenvalue weighted by Gasteiger charge is -2.34. The minimum Gasteiger partial charge on any atom is -0.0829 e. The van der Waals surface area contributed by atoms with Gasteiger partial charge in [-0.25, -0.2) is 0 Å². The molecular weight excluding hydrogens is 312 g/mol. The Labute approximate surface area is 159 Å². The fourth-order valence-electron chi connectivity index (χ4n) is 5.22. The van der Waals surface area contributed by atoms with Crippen molar-refractivity contribution < 1.29 is 0 Å². The van der Waals surface area contributed by atoms with Gasteiger partial charge in [0.05, 0.1) is 0 Å². The van der Waals surface area contributed by atoms with Crippen LogP contribution in [0.2, 0.25) is 0 Å². The predicted molar refractivity (Wildman–Crippen MR) is 113 cm³/mol. The maximum Gasteiger partial charge on any atom is 0.0397 e. The first kappa shape index (κ1) is 17.6. The van der Waals surface area contributed by atoms with Crippen LogP contribution >= 0.6 is 0 Å². The average Bonchev–Trinajstić information content (AvgIpc) is 2.92. The van der Waals surface area contributed by atoms with Crippen molar-refractivity contribution in [1.29, 1.82) is 0 Å². The Bertz CT molecular complexity index is 839. The molecule has 1 atom stereocenters. The molecule has 0 saturated carbocycles. The summed E-state index contributed by atoms with van der Waals surface area (Å²) in [7, 11) is 0. The van der Waals surface area contributed by atoms with Crippen LogP contribution in [0.4, 0.5) is 0 Å². The van der Waals surface area contributed by atoms with Crippen molar-refractivity contribution in [1.82, 2.24) is 0 Å². The molecule has 2 aromatic rings. The fraction of sp³-hybridized carbons (Fsp3) is 0.462. The molecule has 2 aliphatic carbocycles. The van der Waals surface area contributed by atoms with Gasteiger partial charge in [-0.15, -0.1) is 0 Å². The Morgan fingerprint density at radius 1 is 0.885 bits per heavy atom. The van der Waals surface area contributed by atoms with Gasteiger partial charge in [0.15, 0.2) is 0 Å². The van der Waals surface area contributed by atoms with Crippen molar-refractivity contribution in [3.8, 4) is 11.1 Å². The van der Waals surface area contributed by atoms with E-state index in [1.807, 2.05) is 0 Å². The van der Waals surface area contributed by atoms with E-state index in [0.29, 0.717) is 0 Å². The van der Waals surface area contributed by atoms with E-state index in [0.717, 1.165) is 6.42 Å². The van der Waals surface area contributed by atoms with E-state index in [2.05, 4.69) is 63.3 Å². The van der Waals surface area contributed by atoms with E-state index < -0.39 is 0 Å². The molecule has 2 aliphatic rings. The van der Waals surface area contributed by atoms with Gasteiger partial charge in [0.2, 0.25) is 0 Å². The highest BCUT2D eigenvalue weighted by atomic mass is 14.5. The molecule has 4 rings (SSSR count). The van der Waals surface area contributed by atoms with Gasteiger partial charge in [0.25, 0.3) is 0 Å². The van der Waals surface area contributed by atoms with Crippen molar-refractivity contribution in [3.05, 3.63) is 70.3 Å². The van der Waals surface area contributed by atoms with Crippen LogP contribution in [-0.2, 0) is 11.8 Å². The number of benzene rings is 2. The van der Waals surface area contributed by atoms with E-state index in [1.165, 1.54) is 67.2 Å². The molecule has 0 nitrogen and oxygen atoms in total. The van der Waals surface area contributed by atoms with Crippen LogP contribution < -0.4 is 0 Å². The SMILES string of the molecule is CCCCCCCCC12C=CCc3c(C)ccc(c31)-c1ccc(C)cc12. The third-order valence-corrected chi connectivity index (χ3v) is 6.59. The number of aryl methyl sites for hydroxylation is 2. The second-order valence-electron chi connectivity index (χ2n) is 8.43. The Kier molecular flexibility index (Phi) is 4.78. The molecular formula is C26H32. The summed E-state index contributed by atoms with van der Waals surface area (Å²) in [6.07, 6.45) is 15.5. The first-order chi connectivity index (χ1) is 12.7. The molecule has 0 bridgehead atoms. The van der Waals surface area contributed by atoms with Crippen LogP contribution in [0.1, 0.15) is 79.7 Å². The van der Waals surface area contributed by atoms with Crippen LogP contribution in [0.25, 0.3) is 11.1 Å². The summed E-state index contributed by atoms with van der Waals surface area (Å²) in [5, 5.41) is 0. The molecule has 2 aromatic carbocycles. The van der Waals surface area contributed by atoms with Gasteiger partial charge in [-0.3, -0.25) is 0 Å². The van der Waals surface area contributed by atoms with Crippen molar-refractivity contribution in [2.24, 2.45) is 0 Å². The first-order valence-corrected chi connectivity index (χ1v) is 10.6. The lowest BCUT2D eigenvalue weighted by molar-refractivity contribution is 0.511. The van der Waals surface area contributed by atoms with Gasteiger partial charge in [-0.1, -0.05) is 93.5 Å². The van der Waals surface area contributed by atoms with Gasteiger partial charge < -0.3 is 0 Å². The molecule has 0 N–H and O–H groups in total. The zero-order valence-corrected chi connectivity index (χ0v) is 16.7. The van der Waals surface area contributed by atoms with E-state index >= 15 is 0 Å². The normalized spacial score (nSPS) is 19.5. The summed E-state index contributed by atoms with van der Waals surface area (Å²) in [5.41, 5.74) is 10.7. The predicted octanol–water partition coefficient (Wildman–Crippen LogP) is 7.43. The van der Waals surface area contributed by atoms with Crippen LogP contribution in [0.15, 0.2) is 42.5 Å². The Morgan fingerprint density at radius 2 is 1.65 bits per heavy atom. The number of hydrogen-bond acceptors (Lipinski definition) is 0. The molecule has 0 aromatic heterocycles. The van der Waals surface area contributed by atoms with Gasteiger partial charge >= 0.3 is 0 Å². The summed E-state index contributed by atoms with van der Waals surface area (Å²) in [5.74, 6) is 0. The minimum absolute atomic E-state index is 0.126. The largest absolute Gasteiger partial charge is 0.0829 e. The van der Waals surface area contributed by atoms with Gasteiger partial charge in [-0.05, 0) is 60.1 Å². The monoisotopic (exact) mass is 344 g/mol. The Balaban J connectivity index is 1.72. The van der Waals surface area contributed by atoms with Crippen LogP contribution in [-0.4, -0.2) is 0 Å². The zero-order valence-electron chi connectivity index (χ0n) is 16.7. The molecule has 0 saturated heterocycles. The molecule has 136 valence electrons. The lowest BCUT2D eigenvalue weighted by Crippen LogP contribution is -2.27. The summed E-state index contributed by atoms with van der Waals surface area (Å²) in [6.45, 7) is 6.82. The quantitative estimate of drug-likeness (QED) is 0.362. The van der Waals surface area contributed by atoms with Crippen molar-refractivity contribution in [2.75, 3.05) is 0 Å². The van der Waals surface area contributed by atoms with Gasteiger partial charge in [-0.2, -0.15) is 0 Å².